The van der Waals surface area contributed by atoms with Crippen molar-refractivity contribution in [1.82, 2.24) is 4.98 Å². The van der Waals surface area contributed by atoms with E-state index in [1.54, 1.807) is 18.4 Å². The molecule has 0 saturated carbocycles. The lowest BCUT2D eigenvalue weighted by molar-refractivity contribution is 0.501. The second kappa shape index (κ2) is 4.26. The Hall–Kier alpha value is -1.64. The Kier molecular flexibility index (Phi) is 2.81. The number of aryl methyl sites for hydroxylation is 1. The summed E-state index contributed by atoms with van der Waals surface area (Å²) in [6.45, 7) is 1.99. The third kappa shape index (κ3) is 2.43. The molecule has 1 aromatic heterocycles. The number of benzene rings is 1. The lowest BCUT2D eigenvalue weighted by atomic mass is 10.1. The van der Waals surface area contributed by atoms with E-state index in [9.17, 15) is 4.39 Å². The summed E-state index contributed by atoms with van der Waals surface area (Å²) >= 11 is 0. The Labute approximate surface area is 87.8 Å². The Morgan fingerprint density at radius 3 is 2.60 bits per heavy atom. The van der Waals surface area contributed by atoms with E-state index in [0.29, 0.717) is 6.42 Å². The maximum absolute atomic E-state index is 12.7. The molecule has 2 aromatic rings. The van der Waals surface area contributed by atoms with Crippen LogP contribution in [0.1, 0.15) is 24.1 Å². The molecule has 1 heterocycles. The van der Waals surface area contributed by atoms with Crippen LogP contribution in [0.2, 0.25) is 0 Å². The molecule has 0 bridgehead atoms. The Morgan fingerprint density at radius 1 is 1.27 bits per heavy atom. The van der Waals surface area contributed by atoms with Crippen molar-refractivity contribution >= 4 is 0 Å². The van der Waals surface area contributed by atoms with Crippen molar-refractivity contribution in [2.75, 3.05) is 0 Å². The molecule has 0 fully saturated rings. The summed E-state index contributed by atoms with van der Waals surface area (Å²) < 4.78 is 17.9. The van der Waals surface area contributed by atoms with Crippen molar-refractivity contribution in [2.45, 2.75) is 19.8 Å². The van der Waals surface area contributed by atoms with E-state index in [4.69, 9.17) is 4.42 Å². The Morgan fingerprint density at radius 2 is 2.00 bits per heavy atom. The Balaban J connectivity index is 2.11. The van der Waals surface area contributed by atoms with Crippen molar-refractivity contribution in [3.05, 3.63) is 53.5 Å². The molecule has 2 rings (SSSR count). The van der Waals surface area contributed by atoms with Crippen LogP contribution in [0.15, 0.2) is 34.9 Å². The van der Waals surface area contributed by atoms with E-state index in [-0.39, 0.29) is 5.82 Å². The average Bonchev–Trinajstić information content (AvgIpc) is 2.69. The molecule has 2 nitrogen and oxygen atoms in total. The number of nitrogens with zero attached hydrogens (tertiary/aromatic N) is 1. The number of rotatable bonds is 3. The normalized spacial score (nSPS) is 10.5. The van der Waals surface area contributed by atoms with Crippen LogP contribution in [0.3, 0.4) is 0 Å². The fraction of sp³-hybridized carbons (Fsp3) is 0.250. The van der Waals surface area contributed by atoms with Gasteiger partial charge in [0.05, 0.1) is 5.69 Å². The first-order valence-corrected chi connectivity index (χ1v) is 4.95. The van der Waals surface area contributed by atoms with Gasteiger partial charge in [0.15, 0.2) is 5.89 Å². The van der Waals surface area contributed by atoms with Crippen molar-refractivity contribution in [3.8, 4) is 0 Å². The molecule has 0 saturated heterocycles. The predicted molar refractivity (Wildman–Crippen MR) is 55.1 cm³/mol. The van der Waals surface area contributed by atoms with Crippen LogP contribution in [-0.2, 0) is 12.8 Å². The van der Waals surface area contributed by atoms with Gasteiger partial charge in [-0.3, -0.25) is 0 Å². The zero-order valence-corrected chi connectivity index (χ0v) is 8.53. The largest absolute Gasteiger partial charge is 0.449 e. The smallest absolute Gasteiger partial charge is 0.193 e. The van der Waals surface area contributed by atoms with Crippen molar-refractivity contribution < 1.29 is 8.81 Å². The monoisotopic (exact) mass is 205 g/mol. The van der Waals surface area contributed by atoms with Crippen LogP contribution in [-0.4, -0.2) is 4.98 Å². The van der Waals surface area contributed by atoms with E-state index in [0.717, 1.165) is 23.6 Å². The van der Waals surface area contributed by atoms with E-state index < -0.39 is 0 Å². The van der Waals surface area contributed by atoms with Crippen molar-refractivity contribution in [1.29, 1.82) is 0 Å². The van der Waals surface area contributed by atoms with E-state index >= 15 is 0 Å². The van der Waals surface area contributed by atoms with Crippen LogP contribution in [0.5, 0.6) is 0 Å². The van der Waals surface area contributed by atoms with Crippen LogP contribution in [0, 0.1) is 5.82 Å². The summed E-state index contributed by atoms with van der Waals surface area (Å²) in [4.78, 5) is 4.29. The van der Waals surface area contributed by atoms with E-state index in [2.05, 4.69) is 4.98 Å². The highest BCUT2D eigenvalue weighted by Crippen LogP contribution is 2.10. The van der Waals surface area contributed by atoms with E-state index in [1.807, 2.05) is 6.92 Å². The van der Waals surface area contributed by atoms with Gasteiger partial charge in [-0.2, -0.15) is 0 Å². The zero-order chi connectivity index (χ0) is 10.7. The molecule has 1 aromatic carbocycles. The van der Waals surface area contributed by atoms with Crippen LogP contribution < -0.4 is 0 Å². The quantitative estimate of drug-likeness (QED) is 0.769. The molecular weight excluding hydrogens is 193 g/mol. The molecule has 78 valence electrons. The highest BCUT2D eigenvalue weighted by atomic mass is 19.1. The molecule has 0 aliphatic rings. The molecule has 0 aliphatic heterocycles. The van der Waals surface area contributed by atoms with Gasteiger partial charge >= 0.3 is 0 Å². The molecule has 3 heteroatoms. The van der Waals surface area contributed by atoms with Gasteiger partial charge in [0.25, 0.3) is 0 Å². The molecule has 0 spiro atoms. The van der Waals surface area contributed by atoms with E-state index in [1.165, 1.54) is 12.1 Å². The minimum absolute atomic E-state index is 0.215. The van der Waals surface area contributed by atoms with Gasteiger partial charge in [0.1, 0.15) is 12.1 Å². The zero-order valence-electron chi connectivity index (χ0n) is 8.53. The molecule has 0 aliphatic carbocycles. The maximum atomic E-state index is 12.7. The number of halogens is 1. The summed E-state index contributed by atoms with van der Waals surface area (Å²) in [6, 6.07) is 6.43. The van der Waals surface area contributed by atoms with Gasteiger partial charge in [-0.25, -0.2) is 9.37 Å². The molecule has 0 amide bonds. The highest BCUT2D eigenvalue weighted by molar-refractivity contribution is 5.21. The van der Waals surface area contributed by atoms with Gasteiger partial charge in [-0.1, -0.05) is 19.1 Å². The second-order valence-corrected chi connectivity index (χ2v) is 3.39. The highest BCUT2D eigenvalue weighted by Gasteiger charge is 2.03. The van der Waals surface area contributed by atoms with Gasteiger partial charge < -0.3 is 4.42 Å². The number of aromatic nitrogens is 1. The second-order valence-electron chi connectivity index (χ2n) is 3.39. The van der Waals surface area contributed by atoms with Crippen LogP contribution in [0.25, 0.3) is 0 Å². The average molecular weight is 205 g/mol. The van der Waals surface area contributed by atoms with Crippen LogP contribution in [0.4, 0.5) is 4.39 Å². The van der Waals surface area contributed by atoms with Gasteiger partial charge in [-0.05, 0) is 17.7 Å². The summed E-state index contributed by atoms with van der Waals surface area (Å²) in [6.07, 6.45) is 3.13. The molecule has 0 atom stereocenters. The van der Waals surface area contributed by atoms with Gasteiger partial charge in [-0.15, -0.1) is 0 Å². The molecule has 0 unspecified atom stereocenters. The number of hydrogen-bond acceptors (Lipinski definition) is 2. The summed E-state index contributed by atoms with van der Waals surface area (Å²) in [5.41, 5.74) is 1.92. The topological polar surface area (TPSA) is 26.0 Å². The molecular formula is C12H12FNO. The van der Waals surface area contributed by atoms with Gasteiger partial charge in [0.2, 0.25) is 0 Å². The van der Waals surface area contributed by atoms with Crippen molar-refractivity contribution in [3.63, 3.8) is 0 Å². The first-order chi connectivity index (χ1) is 7.28. The van der Waals surface area contributed by atoms with Crippen LogP contribution >= 0.6 is 0 Å². The third-order valence-corrected chi connectivity index (χ3v) is 2.20. The summed E-state index contributed by atoms with van der Waals surface area (Å²) in [5, 5.41) is 0. The molecule has 15 heavy (non-hydrogen) atoms. The SMILES string of the molecule is CCc1nc(Cc2ccc(F)cc2)co1. The minimum Gasteiger partial charge on any atom is -0.449 e. The van der Waals surface area contributed by atoms with Crippen molar-refractivity contribution in [2.24, 2.45) is 0 Å². The lowest BCUT2D eigenvalue weighted by Crippen LogP contribution is -1.89. The maximum Gasteiger partial charge on any atom is 0.193 e. The minimum atomic E-state index is -0.215. The summed E-state index contributed by atoms with van der Waals surface area (Å²) in [7, 11) is 0. The first kappa shape index (κ1) is 9.90. The standard InChI is InChI=1S/C12H12FNO/c1-2-12-14-11(8-15-12)7-9-3-5-10(13)6-4-9/h3-6,8H,2,7H2,1H3. The third-order valence-electron chi connectivity index (χ3n) is 2.20. The Bertz CT molecular complexity index is 433. The first-order valence-electron chi connectivity index (χ1n) is 4.95. The fourth-order valence-electron chi connectivity index (χ4n) is 1.40. The van der Waals surface area contributed by atoms with Gasteiger partial charge in [0, 0.05) is 12.8 Å². The molecule has 0 N–H and O–H groups in total. The lowest BCUT2D eigenvalue weighted by Gasteiger charge is -1.96. The predicted octanol–water partition coefficient (Wildman–Crippen LogP) is 2.97. The number of hydrogen-bond donors (Lipinski definition) is 0. The summed E-state index contributed by atoms with van der Waals surface area (Å²) in [5.74, 6) is 0.528. The molecule has 0 radical (unpaired) electrons. The fourth-order valence-corrected chi connectivity index (χ4v) is 1.40. The number of oxazole rings is 1.